The summed E-state index contributed by atoms with van der Waals surface area (Å²) in [4.78, 5) is 22.3. The Morgan fingerprint density at radius 2 is 1.55 bits per heavy atom. The molecule has 0 spiro atoms. The van der Waals surface area contributed by atoms with Crippen molar-refractivity contribution >= 4 is 42.6 Å². The summed E-state index contributed by atoms with van der Waals surface area (Å²) in [6.07, 6.45) is 0.734. The maximum atomic E-state index is 13.7. The van der Waals surface area contributed by atoms with Gasteiger partial charge in [0.15, 0.2) is 16.6 Å². The van der Waals surface area contributed by atoms with Crippen LogP contribution in [-0.2, 0) is 16.6 Å². The number of nitrogens with zero attached hydrogens (tertiary/aromatic N) is 4. The quantitative estimate of drug-likeness (QED) is 0.238. The minimum Gasteiger partial charge on any atom is -0.493 e. The lowest BCUT2D eigenvalue weighted by atomic mass is 10.2. The van der Waals surface area contributed by atoms with Crippen LogP contribution < -0.4 is 14.4 Å². The molecule has 212 valence electrons. The Kier molecular flexibility index (Phi) is 9.41. The summed E-state index contributed by atoms with van der Waals surface area (Å²) in [6, 6.07) is 19.1. The summed E-state index contributed by atoms with van der Waals surface area (Å²) in [7, 11) is 4.92. The van der Waals surface area contributed by atoms with Crippen molar-refractivity contribution < 1.29 is 22.7 Å². The maximum absolute atomic E-state index is 13.7. The van der Waals surface area contributed by atoms with Gasteiger partial charge in [0.1, 0.15) is 0 Å². The highest BCUT2D eigenvalue weighted by Gasteiger charge is 2.25. The van der Waals surface area contributed by atoms with Crippen LogP contribution in [-0.4, -0.2) is 77.0 Å². The van der Waals surface area contributed by atoms with Gasteiger partial charge < -0.3 is 14.4 Å². The third-order valence-electron chi connectivity index (χ3n) is 6.40. The summed E-state index contributed by atoms with van der Waals surface area (Å²) in [5.41, 5.74) is 1.97. The average molecular weight is 583 g/mol. The van der Waals surface area contributed by atoms with Gasteiger partial charge in [-0.2, -0.15) is 4.31 Å². The predicted octanol–water partition coefficient (Wildman–Crippen LogP) is 4.73. The lowest BCUT2D eigenvalue weighted by Gasteiger charge is -2.21. The number of rotatable bonds is 12. The number of methoxy groups -OCH3 is 2. The first-order chi connectivity index (χ1) is 19.1. The molecule has 0 aliphatic rings. The fourth-order valence-electron chi connectivity index (χ4n) is 4.22. The number of anilines is 1. The topological polar surface area (TPSA) is 92.3 Å². The molecule has 0 aliphatic carbocycles. The van der Waals surface area contributed by atoms with E-state index in [1.165, 1.54) is 27.8 Å². The number of benzene rings is 3. The van der Waals surface area contributed by atoms with Crippen molar-refractivity contribution in [1.29, 1.82) is 0 Å². The van der Waals surface area contributed by atoms with Crippen molar-refractivity contribution in [3.05, 3.63) is 77.9 Å². The first-order valence-electron chi connectivity index (χ1n) is 12.7. The van der Waals surface area contributed by atoms with E-state index in [1.54, 1.807) is 44.4 Å². The number of hydrogen-bond acceptors (Lipinski definition) is 8. The van der Waals surface area contributed by atoms with Gasteiger partial charge in [0.25, 0.3) is 5.91 Å². The zero-order chi connectivity index (χ0) is 28.9. The lowest BCUT2D eigenvalue weighted by Crippen LogP contribution is -2.33. The van der Waals surface area contributed by atoms with Gasteiger partial charge in [0.05, 0.1) is 29.3 Å². The smallest absolute Gasteiger partial charge is 0.260 e. The van der Waals surface area contributed by atoms with E-state index in [2.05, 4.69) is 4.90 Å². The van der Waals surface area contributed by atoms with Crippen LogP contribution in [0.1, 0.15) is 22.3 Å². The van der Waals surface area contributed by atoms with E-state index >= 15 is 0 Å². The zero-order valence-electron chi connectivity index (χ0n) is 23.3. The minimum atomic E-state index is -3.74. The molecule has 0 fully saturated rings. The van der Waals surface area contributed by atoms with E-state index in [-0.39, 0.29) is 17.3 Å². The third-order valence-corrected chi connectivity index (χ3v) is 9.26. The number of hydrogen-bond donors (Lipinski definition) is 0. The van der Waals surface area contributed by atoms with Crippen LogP contribution in [0.15, 0.2) is 71.6 Å². The molecule has 1 amide bonds. The van der Waals surface area contributed by atoms with E-state index in [4.69, 9.17) is 14.5 Å². The van der Waals surface area contributed by atoms with Gasteiger partial charge in [0, 0.05) is 37.8 Å². The highest BCUT2D eigenvalue weighted by atomic mass is 32.2. The van der Waals surface area contributed by atoms with Crippen molar-refractivity contribution in [3.8, 4) is 11.5 Å². The molecule has 4 aromatic rings. The van der Waals surface area contributed by atoms with Crippen molar-refractivity contribution in [2.45, 2.75) is 17.9 Å². The standard InChI is InChI=1S/C29H34N4O5S2/c1-31(2)16-9-17-33(29-30-24-18-25(37-4)26(38-5)19-27(24)39-29)28(34)22-12-14-23(15-13-22)40(35,36)32(3)20-21-10-7-6-8-11-21/h6-8,10-15,18-19H,9,16-17,20H2,1-5H3. The molecule has 4 rings (SSSR count). The molecule has 1 aromatic heterocycles. The van der Waals surface area contributed by atoms with Crippen molar-refractivity contribution in [2.24, 2.45) is 0 Å². The molecule has 0 radical (unpaired) electrons. The number of aromatic nitrogens is 1. The molecular formula is C29H34N4O5S2. The second kappa shape index (κ2) is 12.8. The van der Waals surface area contributed by atoms with Crippen LogP contribution in [0.2, 0.25) is 0 Å². The van der Waals surface area contributed by atoms with E-state index < -0.39 is 10.0 Å². The lowest BCUT2D eigenvalue weighted by molar-refractivity contribution is 0.0986. The third kappa shape index (κ3) is 6.61. The molecule has 0 saturated carbocycles. The Morgan fingerprint density at radius 3 is 2.17 bits per heavy atom. The first kappa shape index (κ1) is 29.5. The molecule has 9 nitrogen and oxygen atoms in total. The van der Waals surface area contributed by atoms with Gasteiger partial charge in [-0.1, -0.05) is 41.7 Å². The number of fused-ring (bicyclic) bond motifs is 1. The molecule has 40 heavy (non-hydrogen) atoms. The second-order valence-corrected chi connectivity index (χ2v) is 12.6. The largest absolute Gasteiger partial charge is 0.493 e. The second-order valence-electron chi connectivity index (χ2n) is 9.56. The van der Waals surface area contributed by atoms with Gasteiger partial charge >= 0.3 is 0 Å². The first-order valence-corrected chi connectivity index (χ1v) is 15.0. The summed E-state index contributed by atoms with van der Waals surface area (Å²) in [6.45, 7) is 1.49. The minimum absolute atomic E-state index is 0.126. The Labute approximate surface area is 239 Å². The number of thiazole rings is 1. The van der Waals surface area contributed by atoms with Crippen molar-refractivity contribution in [3.63, 3.8) is 0 Å². The van der Waals surface area contributed by atoms with Gasteiger partial charge in [-0.25, -0.2) is 13.4 Å². The molecule has 0 unspecified atom stereocenters. The summed E-state index contributed by atoms with van der Waals surface area (Å²) in [5.74, 6) is 0.898. The normalized spacial score (nSPS) is 11.8. The number of carbonyl (C=O) groups is 1. The maximum Gasteiger partial charge on any atom is 0.260 e. The van der Waals surface area contributed by atoms with Crippen LogP contribution >= 0.6 is 11.3 Å². The summed E-state index contributed by atoms with van der Waals surface area (Å²) >= 11 is 1.39. The molecular weight excluding hydrogens is 548 g/mol. The van der Waals surface area contributed by atoms with Crippen LogP contribution in [0.5, 0.6) is 11.5 Å². The molecule has 0 aliphatic heterocycles. The van der Waals surface area contributed by atoms with Crippen LogP contribution in [0, 0.1) is 0 Å². The Hall–Kier alpha value is -3.51. The number of amides is 1. The van der Waals surface area contributed by atoms with Crippen LogP contribution in [0.25, 0.3) is 10.2 Å². The highest BCUT2D eigenvalue weighted by Crippen LogP contribution is 2.37. The van der Waals surface area contributed by atoms with E-state index in [1.807, 2.05) is 50.5 Å². The fourth-order valence-corrected chi connectivity index (χ4v) is 6.38. The summed E-state index contributed by atoms with van der Waals surface area (Å²) in [5, 5.41) is 0.549. The molecule has 1 heterocycles. The van der Waals surface area contributed by atoms with Gasteiger partial charge in [-0.05, 0) is 56.9 Å². The fraction of sp³-hybridized carbons (Fsp3) is 0.310. The Balaban J connectivity index is 1.61. The number of sulfonamides is 1. The molecule has 3 aromatic carbocycles. The molecule has 0 N–H and O–H groups in total. The van der Waals surface area contributed by atoms with E-state index in [0.717, 1.165) is 23.2 Å². The van der Waals surface area contributed by atoms with Gasteiger partial charge in [-0.15, -0.1) is 0 Å². The van der Waals surface area contributed by atoms with Crippen LogP contribution in [0.4, 0.5) is 5.13 Å². The monoisotopic (exact) mass is 582 g/mol. The van der Waals surface area contributed by atoms with E-state index in [9.17, 15) is 13.2 Å². The molecule has 11 heteroatoms. The number of carbonyl (C=O) groups excluding carboxylic acids is 1. The molecule has 0 atom stereocenters. The van der Waals surface area contributed by atoms with Crippen LogP contribution in [0.3, 0.4) is 0 Å². The predicted molar refractivity (Wildman–Crippen MR) is 159 cm³/mol. The zero-order valence-corrected chi connectivity index (χ0v) is 25.0. The Bertz CT molecular complexity index is 1510. The average Bonchev–Trinajstić information content (AvgIpc) is 3.37. The Morgan fingerprint density at radius 1 is 0.900 bits per heavy atom. The molecule has 0 bridgehead atoms. The molecule has 0 saturated heterocycles. The van der Waals surface area contributed by atoms with Gasteiger partial charge in [-0.3, -0.25) is 9.69 Å². The number of ether oxygens (including phenoxy) is 2. The SMILES string of the molecule is COc1cc2nc(N(CCCN(C)C)C(=O)c3ccc(S(=O)(=O)N(C)Cc4ccccc4)cc3)sc2cc1OC. The van der Waals surface area contributed by atoms with Crippen molar-refractivity contribution in [1.82, 2.24) is 14.2 Å². The highest BCUT2D eigenvalue weighted by molar-refractivity contribution is 7.89. The van der Waals surface area contributed by atoms with Crippen molar-refractivity contribution in [2.75, 3.05) is 53.4 Å². The van der Waals surface area contributed by atoms with E-state index in [0.29, 0.717) is 34.3 Å². The van der Waals surface area contributed by atoms with Gasteiger partial charge in [0.2, 0.25) is 10.0 Å². The summed E-state index contributed by atoms with van der Waals surface area (Å²) < 4.78 is 39.4.